The number of ketones is 1. The zero-order valence-corrected chi connectivity index (χ0v) is 14.9. The van der Waals surface area contributed by atoms with Crippen LogP contribution in [-0.2, 0) is 4.79 Å². The lowest BCUT2D eigenvalue weighted by molar-refractivity contribution is -0.129. The van der Waals surface area contributed by atoms with E-state index < -0.39 is 0 Å². The van der Waals surface area contributed by atoms with Crippen LogP contribution in [0.15, 0.2) is 60.6 Å². The molecule has 1 aromatic rings. The minimum atomic E-state index is -0.128. The number of rotatable bonds is 4. The van der Waals surface area contributed by atoms with Crippen LogP contribution < -0.4 is 5.32 Å². The molecule has 3 aliphatic heterocycles. The Morgan fingerprint density at radius 2 is 1.81 bits per heavy atom. The number of carbonyl (C=O) groups excluding carboxylic acids is 2. The molecule has 1 saturated heterocycles. The quantitative estimate of drug-likeness (QED) is 0.771. The van der Waals surface area contributed by atoms with Gasteiger partial charge in [0.15, 0.2) is 5.78 Å². The van der Waals surface area contributed by atoms with E-state index >= 15 is 0 Å². The molecule has 4 rings (SSSR count). The van der Waals surface area contributed by atoms with Gasteiger partial charge in [0.2, 0.25) is 0 Å². The third-order valence-corrected chi connectivity index (χ3v) is 5.09. The zero-order chi connectivity index (χ0) is 18.8. The van der Waals surface area contributed by atoms with Gasteiger partial charge in [0.1, 0.15) is 11.9 Å². The second-order valence-electron chi connectivity index (χ2n) is 6.83. The summed E-state index contributed by atoms with van der Waals surface area (Å²) in [5.41, 5.74) is 1.32. The largest absolute Gasteiger partial charge is 0.508 e. The molecule has 3 heterocycles. The van der Waals surface area contributed by atoms with Crippen molar-refractivity contribution in [2.45, 2.75) is 6.17 Å². The van der Waals surface area contributed by atoms with Crippen LogP contribution in [0.5, 0.6) is 5.75 Å². The van der Waals surface area contributed by atoms with Crippen LogP contribution >= 0.6 is 0 Å². The SMILES string of the molecule is O=C(CN1CCN(C(=O)C2=CC=CN3C=CNC23)CC1)c1ccc(O)cc1. The maximum absolute atomic E-state index is 12.9. The van der Waals surface area contributed by atoms with Crippen molar-refractivity contribution in [3.05, 3.63) is 66.2 Å². The minimum Gasteiger partial charge on any atom is -0.508 e. The van der Waals surface area contributed by atoms with E-state index in [2.05, 4.69) is 10.2 Å². The predicted octanol–water partition coefficient (Wildman–Crippen LogP) is 0.875. The summed E-state index contributed by atoms with van der Waals surface area (Å²) in [6, 6.07) is 6.31. The molecule has 0 aromatic heterocycles. The van der Waals surface area contributed by atoms with Gasteiger partial charge in [-0.3, -0.25) is 14.5 Å². The van der Waals surface area contributed by atoms with Crippen LogP contribution in [0.25, 0.3) is 0 Å². The van der Waals surface area contributed by atoms with Crippen LogP contribution in [0.1, 0.15) is 10.4 Å². The Morgan fingerprint density at radius 1 is 1.07 bits per heavy atom. The first-order valence-electron chi connectivity index (χ1n) is 9.04. The molecule has 1 atom stereocenters. The molecule has 0 aliphatic carbocycles. The molecule has 27 heavy (non-hydrogen) atoms. The summed E-state index contributed by atoms with van der Waals surface area (Å²) in [6.45, 7) is 2.85. The molecule has 0 radical (unpaired) electrons. The number of hydrogen-bond acceptors (Lipinski definition) is 6. The molecule has 7 nitrogen and oxygen atoms in total. The fourth-order valence-electron chi connectivity index (χ4n) is 3.54. The van der Waals surface area contributed by atoms with Gasteiger partial charge in [-0.1, -0.05) is 0 Å². The molecule has 1 aromatic carbocycles. The summed E-state index contributed by atoms with van der Waals surface area (Å²) >= 11 is 0. The first kappa shape index (κ1) is 17.4. The van der Waals surface area contributed by atoms with Crippen LogP contribution in [0.3, 0.4) is 0 Å². The van der Waals surface area contributed by atoms with E-state index in [-0.39, 0.29) is 23.6 Å². The van der Waals surface area contributed by atoms with Gasteiger partial charge in [0, 0.05) is 50.3 Å². The van der Waals surface area contributed by atoms with E-state index in [1.54, 1.807) is 12.1 Å². The van der Waals surface area contributed by atoms with E-state index in [1.807, 2.05) is 40.6 Å². The van der Waals surface area contributed by atoms with E-state index in [0.29, 0.717) is 38.3 Å². The molecule has 0 spiro atoms. The number of carbonyl (C=O) groups is 2. The van der Waals surface area contributed by atoms with Crippen molar-refractivity contribution in [1.82, 2.24) is 20.0 Å². The standard InChI is InChI=1S/C20H22N4O3/c25-16-5-3-15(4-6-16)18(26)14-22-10-12-24(13-11-22)20(27)17-2-1-8-23-9-7-21-19(17)23/h1-9,19,21,25H,10-14H2. The van der Waals surface area contributed by atoms with Crippen molar-refractivity contribution in [3.63, 3.8) is 0 Å². The highest BCUT2D eigenvalue weighted by Crippen LogP contribution is 2.21. The number of Topliss-reactive ketones (excluding diaryl/α,β-unsaturated/α-hetero) is 1. The Morgan fingerprint density at radius 3 is 2.56 bits per heavy atom. The fourth-order valence-corrected chi connectivity index (χ4v) is 3.54. The molecule has 1 fully saturated rings. The van der Waals surface area contributed by atoms with Gasteiger partial charge in [-0.15, -0.1) is 0 Å². The first-order chi connectivity index (χ1) is 13.1. The summed E-state index contributed by atoms with van der Waals surface area (Å²) in [5.74, 6) is 0.206. The van der Waals surface area contributed by atoms with Crippen molar-refractivity contribution in [2.24, 2.45) is 0 Å². The maximum atomic E-state index is 12.9. The van der Waals surface area contributed by atoms with Gasteiger partial charge >= 0.3 is 0 Å². The number of piperazine rings is 1. The monoisotopic (exact) mass is 366 g/mol. The summed E-state index contributed by atoms with van der Waals surface area (Å²) in [5, 5.41) is 12.5. The Bertz CT molecular complexity index is 820. The molecule has 0 bridgehead atoms. The predicted molar refractivity (Wildman–Crippen MR) is 101 cm³/mol. The number of nitrogens with zero attached hydrogens (tertiary/aromatic N) is 3. The highest BCUT2D eigenvalue weighted by molar-refractivity contribution is 5.98. The number of aromatic hydroxyl groups is 1. The molecule has 3 aliphatic rings. The number of nitrogens with one attached hydrogen (secondary N) is 1. The fraction of sp³-hybridized carbons (Fsp3) is 0.300. The van der Waals surface area contributed by atoms with Crippen LogP contribution in [0.4, 0.5) is 0 Å². The summed E-state index contributed by atoms with van der Waals surface area (Å²) in [7, 11) is 0. The molecular formula is C20H22N4O3. The lowest BCUT2D eigenvalue weighted by Gasteiger charge is -2.36. The average molecular weight is 366 g/mol. The first-order valence-corrected chi connectivity index (χ1v) is 9.04. The highest BCUT2D eigenvalue weighted by Gasteiger charge is 2.32. The number of hydrogen-bond donors (Lipinski definition) is 2. The summed E-state index contributed by atoms with van der Waals surface area (Å²) < 4.78 is 0. The summed E-state index contributed by atoms with van der Waals surface area (Å²) in [4.78, 5) is 31.2. The lowest BCUT2D eigenvalue weighted by atomic mass is 10.1. The van der Waals surface area contributed by atoms with E-state index in [4.69, 9.17) is 0 Å². The van der Waals surface area contributed by atoms with Gasteiger partial charge in [0.25, 0.3) is 5.91 Å². The topological polar surface area (TPSA) is 76.1 Å². The van der Waals surface area contributed by atoms with Crippen molar-refractivity contribution in [3.8, 4) is 5.75 Å². The van der Waals surface area contributed by atoms with Gasteiger partial charge in [-0.25, -0.2) is 0 Å². The molecule has 0 saturated carbocycles. The second-order valence-corrected chi connectivity index (χ2v) is 6.83. The third kappa shape index (κ3) is 3.59. The maximum Gasteiger partial charge on any atom is 0.253 e. The Kier molecular flexibility index (Phi) is 4.68. The van der Waals surface area contributed by atoms with Gasteiger partial charge in [-0.05, 0) is 36.4 Å². The van der Waals surface area contributed by atoms with E-state index in [9.17, 15) is 14.7 Å². The lowest BCUT2D eigenvalue weighted by Crippen LogP contribution is -2.52. The number of phenolic OH excluding ortho intramolecular Hbond substituents is 1. The van der Waals surface area contributed by atoms with Crippen molar-refractivity contribution in [2.75, 3.05) is 32.7 Å². The molecule has 2 N–H and O–H groups in total. The number of fused-ring (bicyclic) bond motifs is 1. The normalized spacial score (nSPS) is 21.6. The molecule has 1 unspecified atom stereocenters. The zero-order valence-electron chi connectivity index (χ0n) is 14.9. The number of phenols is 1. The highest BCUT2D eigenvalue weighted by atomic mass is 16.3. The van der Waals surface area contributed by atoms with Crippen LogP contribution in [-0.4, -0.2) is 70.4 Å². The van der Waals surface area contributed by atoms with Crippen molar-refractivity contribution < 1.29 is 14.7 Å². The van der Waals surface area contributed by atoms with Gasteiger partial charge < -0.3 is 20.2 Å². The number of benzene rings is 1. The third-order valence-electron chi connectivity index (χ3n) is 5.09. The van der Waals surface area contributed by atoms with Crippen molar-refractivity contribution >= 4 is 11.7 Å². The van der Waals surface area contributed by atoms with Crippen molar-refractivity contribution in [1.29, 1.82) is 0 Å². The van der Waals surface area contributed by atoms with E-state index in [1.165, 1.54) is 12.1 Å². The van der Waals surface area contributed by atoms with Crippen LogP contribution in [0.2, 0.25) is 0 Å². The number of allylic oxidation sites excluding steroid dienone is 2. The van der Waals surface area contributed by atoms with Crippen LogP contribution in [0, 0.1) is 0 Å². The number of amides is 1. The molecule has 140 valence electrons. The average Bonchev–Trinajstić information content (AvgIpc) is 3.17. The Labute approximate surface area is 157 Å². The smallest absolute Gasteiger partial charge is 0.253 e. The van der Waals surface area contributed by atoms with E-state index in [0.717, 1.165) is 5.57 Å². The minimum absolute atomic E-state index is 0.0202. The second kappa shape index (κ2) is 7.28. The Balaban J connectivity index is 1.32. The van der Waals surface area contributed by atoms with Gasteiger partial charge in [-0.2, -0.15) is 0 Å². The summed E-state index contributed by atoms with van der Waals surface area (Å²) in [6.07, 6.45) is 9.31. The van der Waals surface area contributed by atoms with Gasteiger partial charge in [0.05, 0.1) is 12.1 Å². The molecule has 7 heteroatoms. The molecule has 1 amide bonds. The molecular weight excluding hydrogens is 344 g/mol. The Hall–Kier alpha value is -3.06.